The van der Waals surface area contributed by atoms with Crippen LogP contribution in [0.25, 0.3) is 0 Å². The second-order valence-corrected chi connectivity index (χ2v) is 4.95. The SMILES string of the molecule is Cc1cccc(NC(=O)NC2CCCC2CO)c1. The number of rotatable bonds is 3. The highest BCUT2D eigenvalue weighted by molar-refractivity contribution is 5.89. The van der Waals surface area contributed by atoms with Gasteiger partial charge in [-0.15, -0.1) is 0 Å². The van der Waals surface area contributed by atoms with Gasteiger partial charge in [0.25, 0.3) is 0 Å². The predicted molar refractivity (Wildman–Crippen MR) is 71.5 cm³/mol. The number of anilines is 1. The third kappa shape index (κ3) is 3.23. The van der Waals surface area contributed by atoms with Crippen LogP contribution in [0.5, 0.6) is 0 Å². The van der Waals surface area contributed by atoms with E-state index in [-0.39, 0.29) is 24.6 Å². The molecule has 0 heterocycles. The van der Waals surface area contributed by atoms with Gasteiger partial charge in [-0.1, -0.05) is 18.6 Å². The molecule has 98 valence electrons. The molecule has 0 spiro atoms. The van der Waals surface area contributed by atoms with E-state index in [1.54, 1.807) is 0 Å². The Hall–Kier alpha value is -1.55. The van der Waals surface area contributed by atoms with Crippen LogP contribution in [0.3, 0.4) is 0 Å². The van der Waals surface area contributed by atoms with Crippen molar-refractivity contribution in [1.82, 2.24) is 5.32 Å². The van der Waals surface area contributed by atoms with Gasteiger partial charge in [-0.25, -0.2) is 4.79 Å². The molecule has 2 amide bonds. The maximum atomic E-state index is 11.8. The highest BCUT2D eigenvalue weighted by Crippen LogP contribution is 2.25. The average molecular weight is 248 g/mol. The van der Waals surface area contributed by atoms with Crippen LogP contribution in [0.1, 0.15) is 24.8 Å². The topological polar surface area (TPSA) is 61.4 Å². The van der Waals surface area contributed by atoms with E-state index in [1.807, 2.05) is 31.2 Å². The van der Waals surface area contributed by atoms with Crippen LogP contribution in [-0.4, -0.2) is 23.8 Å². The van der Waals surface area contributed by atoms with E-state index in [2.05, 4.69) is 10.6 Å². The Kier molecular flexibility index (Phi) is 4.20. The lowest BCUT2D eigenvalue weighted by atomic mass is 10.1. The Morgan fingerprint density at radius 1 is 1.44 bits per heavy atom. The largest absolute Gasteiger partial charge is 0.396 e. The normalized spacial score (nSPS) is 22.8. The van der Waals surface area contributed by atoms with E-state index >= 15 is 0 Å². The van der Waals surface area contributed by atoms with Gasteiger partial charge in [0, 0.05) is 24.3 Å². The standard InChI is InChI=1S/C14H20N2O2/c1-10-4-2-6-12(8-10)15-14(18)16-13-7-3-5-11(13)9-17/h2,4,6,8,11,13,17H,3,5,7,9H2,1H3,(H2,15,16,18). The molecule has 1 aromatic carbocycles. The summed E-state index contributed by atoms with van der Waals surface area (Å²) in [6, 6.07) is 7.60. The van der Waals surface area contributed by atoms with Crippen molar-refractivity contribution in [3.8, 4) is 0 Å². The van der Waals surface area contributed by atoms with Crippen molar-refractivity contribution in [2.75, 3.05) is 11.9 Å². The molecule has 0 aliphatic heterocycles. The number of aliphatic hydroxyl groups excluding tert-OH is 1. The Balaban J connectivity index is 1.89. The number of hydrogen-bond acceptors (Lipinski definition) is 2. The van der Waals surface area contributed by atoms with Crippen molar-refractivity contribution < 1.29 is 9.90 Å². The molecule has 1 fully saturated rings. The summed E-state index contributed by atoms with van der Waals surface area (Å²) < 4.78 is 0. The molecular formula is C14H20N2O2. The molecule has 18 heavy (non-hydrogen) atoms. The summed E-state index contributed by atoms with van der Waals surface area (Å²) >= 11 is 0. The zero-order valence-electron chi connectivity index (χ0n) is 10.6. The fraction of sp³-hybridized carbons (Fsp3) is 0.500. The van der Waals surface area contributed by atoms with Gasteiger partial charge in [-0.3, -0.25) is 0 Å². The van der Waals surface area contributed by atoms with Crippen molar-refractivity contribution in [2.24, 2.45) is 5.92 Å². The lowest BCUT2D eigenvalue weighted by molar-refractivity contribution is 0.203. The van der Waals surface area contributed by atoms with Crippen molar-refractivity contribution >= 4 is 11.7 Å². The molecule has 2 rings (SSSR count). The maximum Gasteiger partial charge on any atom is 0.319 e. The number of benzene rings is 1. The average Bonchev–Trinajstić information content (AvgIpc) is 2.76. The molecule has 4 nitrogen and oxygen atoms in total. The van der Waals surface area contributed by atoms with Crippen LogP contribution in [0, 0.1) is 12.8 Å². The third-order valence-electron chi connectivity index (χ3n) is 3.49. The lowest BCUT2D eigenvalue weighted by Crippen LogP contribution is -2.41. The van der Waals surface area contributed by atoms with Crippen LogP contribution in [-0.2, 0) is 0 Å². The number of carbonyl (C=O) groups is 1. The number of amides is 2. The van der Waals surface area contributed by atoms with Gasteiger partial charge >= 0.3 is 6.03 Å². The Labute approximate surface area is 107 Å². The molecular weight excluding hydrogens is 228 g/mol. The third-order valence-corrected chi connectivity index (χ3v) is 3.49. The van der Waals surface area contributed by atoms with Crippen molar-refractivity contribution in [3.63, 3.8) is 0 Å². The number of carbonyl (C=O) groups excluding carboxylic acids is 1. The number of aryl methyl sites for hydroxylation is 1. The molecule has 1 aliphatic rings. The van der Waals surface area contributed by atoms with Crippen molar-refractivity contribution in [3.05, 3.63) is 29.8 Å². The zero-order valence-corrected chi connectivity index (χ0v) is 10.6. The molecule has 0 bridgehead atoms. The molecule has 1 saturated carbocycles. The van der Waals surface area contributed by atoms with Gasteiger partial charge in [-0.05, 0) is 37.5 Å². The number of hydrogen-bond donors (Lipinski definition) is 3. The first kappa shape index (κ1) is 12.9. The lowest BCUT2D eigenvalue weighted by Gasteiger charge is -2.19. The molecule has 0 saturated heterocycles. The fourth-order valence-corrected chi connectivity index (χ4v) is 2.50. The van der Waals surface area contributed by atoms with Crippen LogP contribution in [0.4, 0.5) is 10.5 Å². The van der Waals surface area contributed by atoms with E-state index in [0.717, 1.165) is 30.5 Å². The van der Waals surface area contributed by atoms with E-state index in [4.69, 9.17) is 0 Å². The molecule has 3 N–H and O–H groups in total. The minimum atomic E-state index is -0.189. The van der Waals surface area contributed by atoms with Gasteiger partial charge in [0.1, 0.15) is 0 Å². The summed E-state index contributed by atoms with van der Waals surface area (Å²) in [4.78, 5) is 11.8. The maximum absolute atomic E-state index is 11.8. The highest BCUT2D eigenvalue weighted by Gasteiger charge is 2.27. The summed E-state index contributed by atoms with van der Waals surface area (Å²) in [5.74, 6) is 0.202. The van der Waals surface area contributed by atoms with Crippen LogP contribution < -0.4 is 10.6 Å². The quantitative estimate of drug-likeness (QED) is 0.768. The first-order valence-electron chi connectivity index (χ1n) is 6.44. The summed E-state index contributed by atoms with van der Waals surface area (Å²) in [6.07, 6.45) is 3.01. The molecule has 2 atom stereocenters. The second kappa shape index (κ2) is 5.87. The molecule has 2 unspecified atom stereocenters. The monoisotopic (exact) mass is 248 g/mol. The summed E-state index contributed by atoms with van der Waals surface area (Å²) in [5, 5.41) is 15.0. The Morgan fingerprint density at radius 3 is 3.00 bits per heavy atom. The first-order valence-corrected chi connectivity index (χ1v) is 6.44. The van der Waals surface area contributed by atoms with Gasteiger partial charge in [0.15, 0.2) is 0 Å². The van der Waals surface area contributed by atoms with Crippen molar-refractivity contribution in [2.45, 2.75) is 32.2 Å². The molecule has 1 aromatic rings. The van der Waals surface area contributed by atoms with Crippen LogP contribution in [0.2, 0.25) is 0 Å². The predicted octanol–water partition coefficient (Wildman–Crippen LogP) is 2.28. The van der Waals surface area contributed by atoms with Gasteiger partial charge in [0.05, 0.1) is 0 Å². The van der Waals surface area contributed by atoms with E-state index in [1.165, 1.54) is 0 Å². The summed E-state index contributed by atoms with van der Waals surface area (Å²) in [6.45, 7) is 2.14. The minimum Gasteiger partial charge on any atom is -0.396 e. The fourth-order valence-electron chi connectivity index (χ4n) is 2.50. The van der Waals surface area contributed by atoms with E-state index < -0.39 is 0 Å². The molecule has 1 aliphatic carbocycles. The van der Waals surface area contributed by atoms with Crippen LogP contribution in [0.15, 0.2) is 24.3 Å². The van der Waals surface area contributed by atoms with Crippen LogP contribution >= 0.6 is 0 Å². The van der Waals surface area contributed by atoms with Gasteiger partial charge < -0.3 is 15.7 Å². The molecule has 0 aromatic heterocycles. The van der Waals surface area contributed by atoms with Gasteiger partial charge in [0.2, 0.25) is 0 Å². The van der Waals surface area contributed by atoms with Gasteiger partial charge in [-0.2, -0.15) is 0 Å². The highest BCUT2D eigenvalue weighted by atomic mass is 16.3. The minimum absolute atomic E-state index is 0.0970. The van der Waals surface area contributed by atoms with E-state index in [9.17, 15) is 9.90 Å². The number of nitrogens with one attached hydrogen (secondary N) is 2. The molecule has 0 radical (unpaired) electrons. The summed E-state index contributed by atoms with van der Waals surface area (Å²) in [7, 11) is 0. The second-order valence-electron chi connectivity index (χ2n) is 4.95. The van der Waals surface area contributed by atoms with Crippen molar-refractivity contribution in [1.29, 1.82) is 0 Å². The van der Waals surface area contributed by atoms with E-state index in [0.29, 0.717) is 0 Å². The number of aliphatic hydroxyl groups is 1. The Bertz CT molecular complexity index is 420. The zero-order chi connectivity index (χ0) is 13.0. The molecule has 4 heteroatoms. The first-order chi connectivity index (χ1) is 8.69. The Morgan fingerprint density at radius 2 is 2.28 bits per heavy atom. The smallest absolute Gasteiger partial charge is 0.319 e. The number of urea groups is 1. The summed E-state index contributed by atoms with van der Waals surface area (Å²) in [5.41, 5.74) is 1.91.